The largest absolute Gasteiger partial charge is 0.398 e. The van der Waals surface area contributed by atoms with Gasteiger partial charge in [0.05, 0.1) is 23.4 Å². The third-order valence-electron chi connectivity index (χ3n) is 2.87. The number of benzene rings is 1. The van der Waals surface area contributed by atoms with Crippen LogP contribution in [0.5, 0.6) is 0 Å². The van der Waals surface area contributed by atoms with Gasteiger partial charge in [-0.15, -0.1) is 11.3 Å². The Hall–Kier alpha value is -1.64. The van der Waals surface area contributed by atoms with E-state index in [9.17, 15) is 8.42 Å². The molecule has 108 valence electrons. The molecule has 0 bridgehead atoms. The van der Waals surface area contributed by atoms with E-state index >= 15 is 0 Å². The van der Waals surface area contributed by atoms with Gasteiger partial charge in [0.15, 0.2) is 0 Å². The summed E-state index contributed by atoms with van der Waals surface area (Å²) in [6.45, 7) is 2.58. The number of aromatic nitrogens is 1. The molecule has 6 nitrogen and oxygen atoms in total. The molecule has 0 aliphatic heterocycles. The number of aryl methyl sites for hydroxylation is 1. The van der Waals surface area contributed by atoms with E-state index in [1.807, 2.05) is 6.92 Å². The fourth-order valence-electron chi connectivity index (χ4n) is 1.69. The zero-order valence-electron chi connectivity index (χ0n) is 11.2. The molecule has 20 heavy (non-hydrogen) atoms. The first kappa shape index (κ1) is 14.8. The molecule has 0 aliphatic carbocycles. The normalized spacial score (nSPS) is 11.5. The van der Waals surface area contributed by atoms with Gasteiger partial charge in [-0.3, -0.25) is 0 Å². The van der Waals surface area contributed by atoms with E-state index in [-0.39, 0.29) is 10.6 Å². The first-order valence-corrected chi connectivity index (χ1v) is 8.26. The maximum absolute atomic E-state index is 11.7. The summed E-state index contributed by atoms with van der Waals surface area (Å²) in [6.07, 6.45) is 0. The number of nitrogens with one attached hydrogen (secondary N) is 2. The van der Waals surface area contributed by atoms with Crippen LogP contribution in [0.25, 0.3) is 0 Å². The van der Waals surface area contributed by atoms with Crippen molar-refractivity contribution in [3.8, 4) is 0 Å². The summed E-state index contributed by atoms with van der Waals surface area (Å²) in [6, 6.07) is 4.79. The Kier molecular flexibility index (Phi) is 4.26. The zero-order valence-corrected chi connectivity index (χ0v) is 12.8. The van der Waals surface area contributed by atoms with Gasteiger partial charge >= 0.3 is 0 Å². The van der Waals surface area contributed by atoms with E-state index in [2.05, 4.69) is 15.0 Å². The van der Waals surface area contributed by atoms with E-state index in [0.717, 1.165) is 16.3 Å². The molecule has 0 unspecified atom stereocenters. The molecule has 1 aromatic carbocycles. The van der Waals surface area contributed by atoms with Crippen LogP contribution in [0.1, 0.15) is 10.6 Å². The minimum atomic E-state index is -3.52. The Bertz CT molecular complexity index is 710. The van der Waals surface area contributed by atoms with Crippen LogP contribution in [0.15, 0.2) is 28.6 Å². The predicted molar refractivity (Wildman–Crippen MR) is 81.3 cm³/mol. The highest BCUT2D eigenvalue weighted by Gasteiger charge is 2.15. The van der Waals surface area contributed by atoms with Gasteiger partial charge < -0.3 is 11.1 Å². The van der Waals surface area contributed by atoms with Crippen molar-refractivity contribution >= 4 is 32.7 Å². The number of nitrogens with two attached hydrogens (primary N) is 1. The number of anilines is 2. The van der Waals surface area contributed by atoms with Gasteiger partial charge in [0.1, 0.15) is 4.90 Å². The fraction of sp³-hybridized carbons (Fsp3) is 0.250. The lowest BCUT2D eigenvalue weighted by molar-refractivity contribution is 0.588. The SMILES string of the molecule is CNS(=O)(=O)c1ccc(NCc2scnc2C)cc1N. The number of nitrogen functional groups attached to an aromatic ring is 1. The maximum Gasteiger partial charge on any atom is 0.242 e. The van der Waals surface area contributed by atoms with Crippen molar-refractivity contribution in [2.75, 3.05) is 18.1 Å². The van der Waals surface area contributed by atoms with Gasteiger partial charge in [0, 0.05) is 10.6 Å². The van der Waals surface area contributed by atoms with Crippen LogP contribution in [0.2, 0.25) is 0 Å². The van der Waals surface area contributed by atoms with Crippen molar-refractivity contribution in [3.63, 3.8) is 0 Å². The van der Waals surface area contributed by atoms with Crippen molar-refractivity contribution in [1.29, 1.82) is 0 Å². The van der Waals surface area contributed by atoms with Crippen LogP contribution in [0.4, 0.5) is 11.4 Å². The summed E-state index contributed by atoms with van der Waals surface area (Å²) >= 11 is 1.57. The van der Waals surface area contributed by atoms with Gasteiger partial charge in [-0.1, -0.05) is 0 Å². The first-order valence-electron chi connectivity index (χ1n) is 5.90. The lowest BCUT2D eigenvalue weighted by Gasteiger charge is -2.10. The average molecular weight is 312 g/mol. The van der Waals surface area contributed by atoms with Gasteiger partial charge in [-0.25, -0.2) is 18.1 Å². The summed E-state index contributed by atoms with van der Waals surface area (Å²) in [5, 5.41) is 3.20. The molecular weight excluding hydrogens is 296 g/mol. The second kappa shape index (κ2) is 5.78. The molecule has 0 saturated carbocycles. The molecule has 0 aliphatic rings. The number of hydrogen-bond acceptors (Lipinski definition) is 6. The summed E-state index contributed by atoms with van der Waals surface area (Å²) in [5.74, 6) is 0. The van der Waals surface area contributed by atoms with Gasteiger partial charge in [0.25, 0.3) is 0 Å². The quantitative estimate of drug-likeness (QED) is 0.728. The molecule has 0 atom stereocenters. The van der Waals surface area contributed by atoms with Crippen molar-refractivity contribution in [3.05, 3.63) is 34.3 Å². The average Bonchev–Trinajstić information content (AvgIpc) is 2.81. The summed E-state index contributed by atoms with van der Waals surface area (Å²) < 4.78 is 25.7. The van der Waals surface area contributed by atoms with Crippen molar-refractivity contribution < 1.29 is 8.42 Å². The minimum absolute atomic E-state index is 0.0829. The highest BCUT2D eigenvalue weighted by atomic mass is 32.2. The second-order valence-electron chi connectivity index (χ2n) is 4.17. The molecule has 1 heterocycles. The van der Waals surface area contributed by atoms with Crippen molar-refractivity contribution in [2.45, 2.75) is 18.4 Å². The summed E-state index contributed by atoms with van der Waals surface area (Å²) in [5.41, 5.74) is 9.56. The molecular formula is C12H16N4O2S2. The Balaban J connectivity index is 2.16. The highest BCUT2D eigenvalue weighted by Crippen LogP contribution is 2.23. The molecule has 0 radical (unpaired) electrons. The monoisotopic (exact) mass is 312 g/mol. The van der Waals surface area contributed by atoms with E-state index in [1.165, 1.54) is 13.1 Å². The Morgan fingerprint density at radius 1 is 1.40 bits per heavy atom. The number of nitrogens with zero attached hydrogens (tertiary/aromatic N) is 1. The van der Waals surface area contributed by atoms with Crippen LogP contribution in [0, 0.1) is 6.92 Å². The Labute approximate surface area is 122 Å². The molecule has 2 rings (SSSR count). The molecule has 1 aromatic heterocycles. The highest BCUT2D eigenvalue weighted by molar-refractivity contribution is 7.89. The van der Waals surface area contributed by atoms with Gasteiger partial charge in [0.2, 0.25) is 10.0 Å². The van der Waals surface area contributed by atoms with Crippen LogP contribution in [-0.4, -0.2) is 20.4 Å². The van der Waals surface area contributed by atoms with Gasteiger partial charge in [-0.05, 0) is 32.2 Å². The molecule has 2 aromatic rings. The Morgan fingerprint density at radius 2 is 2.15 bits per heavy atom. The first-order chi connectivity index (χ1) is 9.44. The summed E-state index contributed by atoms with van der Waals surface area (Å²) in [4.78, 5) is 5.39. The van der Waals surface area contributed by atoms with Crippen LogP contribution >= 0.6 is 11.3 Å². The van der Waals surface area contributed by atoms with E-state index in [1.54, 1.807) is 29.0 Å². The Morgan fingerprint density at radius 3 is 2.70 bits per heavy atom. The lowest BCUT2D eigenvalue weighted by atomic mass is 10.2. The number of sulfonamides is 1. The zero-order chi connectivity index (χ0) is 14.8. The molecule has 0 saturated heterocycles. The second-order valence-corrected chi connectivity index (χ2v) is 6.97. The van der Waals surface area contributed by atoms with Crippen LogP contribution in [-0.2, 0) is 16.6 Å². The third kappa shape index (κ3) is 3.09. The number of thiazole rings is 1. The summed E-state index contributed by atoms with van der Waals surface area (Å²) in [7, 11) is -2.17. The van der Waals surface area contributed by atoms with E-state index < -0.39 is 10.0 Å². The predicted octanol–water partition coefficient (Wildman–Crippen LogP) is 1.55. The smallest absolute Gasteiger partial charge is 0.242 e. The number of hydrogen-bond donors (Lipinski definition) is 3. The van der Waals surface area contributed by atoms with E-state index in [0.29, 0.717) is 6.54 Å². The fourth-order valence-corrected chi connectivity index (χ4v) is 3.24. The van der Waals surface area contributed by atoms with Crippen LogP contribution in [0.3, 0.4) is 0 Å². The van der Waals surface area contributed by atoms with Crippen molar-refractivity contribution in [2.24, 2.45) is 0 Å². The van der Waals surface area contributed by atoms with Gasteiger partial charge in [-0.2, -0.15) is 0 Å². The molecule has 4 N–H and O–H groups in total. The number of rotatable bonds is 5. The molecule has 0 amide bonds. The lowest BCUT2D eigenvalue weighted by Crippen LogP contribution is -2.20. The molecule has 0 spiro atoms. The van der Waals surface area contributed by atoms with Crippen LogP contribution < -0.4 is 15.8 Å². The third-order valence-corrected chi connectivity index (χ3v) is 5.29. The maximum atomic E-state index is 11.7. The minimum Gasteiger partial charge on any atom is -0.398 e. The standard InChI is InChI=1S/C12H16N4O2S2/c1-8-11(19-7-16-8)6-15-9-3-4-12(10(13)5-9)20(17,18)14-2/h3-5,7,14-15H,6,13H2,1-2H3. The topological polar surface area (TPSA) is 97.1 Å². The van der Waals surface area contributed by atoms with Crippen molar-refractivity contribution in [1.82, 2.24) is 9.71 Å². The van der Waals surface area contributed by atoms with E-state index in [4.69, 9.17) is 5.73 Å². The molecule has 0 fully saturated rings. The molecule has 8 heteroatoms.